The molecule has 0 fully saturated rings. The van der Waals surface area contributed by atoms with Crippen LogP contribution in [-0.4, -0.2) is 132 Å². The average molecular weight is 977 g/mol. The highest BCUT2D eigenvalue weighted by atomic mass is 16.5. The van der Waals surface area contributed by atoms with Gasteiger partial charge in [0.2, 0.25) is 17.7 Å². The Morgan fingerprint density at radius 1 is 0.681 bits per heavy atom. The smallest absolute Gasteiger partial charge is 0.320 e. The van der Waals surface area contributed by atoms with Crippen molar-refractivity contribution in [2.24, 2.45) is 11.1 Å². The van der Waals surface area contributed by atoms with Crippen molar-refractivity contribution in [3.63, 3.8) is 0 Å². The van der Waals surface area contributed by atoms with E-state index in [0.29, 0.717) is 44.7 Å². The first-order valence-corrected chi connectivity index (χ1v) is 25.8. The van der Waals surface area contributed by atoms with Crippen molar-refractivity contribution < 1.29 is 48.1 Å². The molecule has 0 aliphatic rings. The lowest BCUT2D eigenvalue weighted by molar-refractivity contribution is -0.140. The van der Waals surface area contributed by atoms with Crippen LogP contribution in [-0.2, 0) is 49.5 Å². The lowest BCUT2D eigenvalue weighted by Crippen LogP contribution is -2.59. The normalized spacial score (nSPS) is 12.9. The number of ether oxygens (including phenoxy) is 2. The van der Waals surface area contributed by atoms with E-state index in [0.717, 1.165) is 12.8 Å². The second-order valence-electron chi connectivity index (χ2n) is 20.1. The fourth-order valence-corrected chi connectivity index (χ4v) is 7.43. The highest BCUT2D eigenvalue weighted by Gasteiger charge is 2.36. The molecular weight excluding hydrogens is 885 g/mol. The second-order valence-corrected chi connectivity index (χ2v) is 20.1. The van der Waals surface area contributed by atoms with Crippen molar-refractivity contribution in [3.05, 3.63) is 18.2 Å². The first-order chi connectivity index (χ1) is 32.7. The van der Waals surface area contributed by atoms with Crippen LogP contribution in [0.1, 0.15) is 183 Å². The molecular formula is C51H92N8O10. The van der Waals surface area contributed by atoms with Gasteiger partial charge in [0.15, 0.2) is 17.3 Å². The van der Waals surface area contributed by atoms with Crippen molar-refractivity contribution in [3.8, 4) is 0 Å². The number of aromatic nitrogens is 2. The highest BCUT2D eigenvalue weighted by Crippen LogP contribution is 2.25. The summed E-state index contributed by atoms with van der Waals surface area (Å²) in [5.41, 5.74) is 3.38. The van der Waals surface area contributed by atoms with Gasteiger partial charge in [0.1, 0.15) is 12.6 Å². The molecule has 0 saturated heterocycles. The summed E-state index contributed by atoms with van der Waals surface area (Å²) in [6, 6.07) is -1.88. The molecule has 18 nitrogen and oxygen atoms in total. The van der Waals surface area contributed by atoms with Crippen LogP contribution < -0.4 is 32.3 Å². The van der Waals surface area contributed by atoms with Gasteiger partial charge in [-0.15, -0.1) is 0 Å². The Morgan fingerprint density at radius 2 is 1.28 bits per heavy atom. The van der Waals surface area contributed by atoms with Crippen molar-refractivity contribution in [2.45, 2.75) is 206 Å². The zero-order valence-electron chi connectivity index (χ0n) is 43.5. The van der Waals surface area contributed by atoms with Crippen LogP contribution in [0.15, 0.2) is 12.5 Å². The van der Waals surface area contributed by atoms with Crippen LogP contribution in [0.2, 0.25) is 0 Å². The first kappa shape index (κ1) is 62.9. The van der Waals surface area contributed by atoms with E-state index in [2.05, 4.69) is 43.5 Å². The van der Waals surface area contributed by atoms with Gasteiger partial charge in [0.25, 0.3) is 0 Å². The number of hydrogen-bond donors (Lipinski definition) is 8. The van der Waals surface area contributed by atoms with Gasteiger partial charge in [-0.05, 0) is 59.8 Å². The van der Waals surface area contributed by atoms with E-state index in [1.54, 1.807) is 47.7 Å². The van der Waals surface area contributed by atoms with Gasteiger partial charge in [0.05, 0.1) is 56.4 Å². The zero-order chi connectivity index (χ0) is 51.6. The summed E-state index contributed by atoms with van der Waals surface area (Å²) in [4.78, 5) is 95.3. The predicted molar refractivity (Wildman–Crippen MR) is 268 cm³/mol. The Morgan fingerprint density at radius 3 is 1.87 bits per heavy atom. The maximum atomic E-state index is 13.3. The minimum Gasteiger partial charge on any atom is -0.480 e. The number of amides is 3. The van der Waals surface area contributed by atoms with Crippen molar-refractivity contribution in [1.29, 1.82) is 0 Å². The Labute approximate surface area is 413 Å². The Bertz CT molecular complexity index is 1640. The SMILES string of the molecule is CCCCCCCCCCCCCCCCC(=O)NCCOCCOCC(=O)NCCCC[C@H](NCC(=O)C(C)(C)CCC(=O)C(C)(C)NCC(=O)C(C)(C)NC(=O)[C@@H](N)Cc1cnc[nH]1)C(=O)O. The number of carbonyl (C=O) groups is 7. The molecule has 9 N–H and O–H groups in total. The van der Waals surface area contributed by atoms with E-state index in [1.807, 2.05) is 0 Å². The number of nitrogens with zero attached hydrogens (tertiary/aromatic N) is 1. The molecule has 0 aromatic carbocycles. The lowest BCUT2D eigenvalue weighted by atomic mass is 9.80. The standard InChI is InChI=1S/C51H92N8O10/c1-8-9-10-11-12-13-14-15-16-17-18-19-20-21-25-45(63)55-29-30-68-31-32-69-37-46(64)54-28-23-22-24-41(48(66)67)56-35-43(61)49(2,3)27-26-42(60)50(4,5)58-36-44(62)51(6,7)59-47(65)40(52)33-39-34-53-38-57-39/h34,38,40-41,56,58H,8-33,35-37,52H2,1-7H3,(H,53,57)(H,54,64)(H,55,63)(H,59,65)(H,66,67)/t40-,41-/m0/s1. The van der Waals surface area contributed by atoms with Gasteiger partial charge in [-0.1, -0.05) is 104 Å². The van der Waals surface area contributed by atoms with E-state index in [4.69, 9.17) is 15.2 Å². The van der Waals surface area contributed by atoms with Crippen molar-refractivity contribution in [1.82, 2.24) is 36.6 Å². The van der Waals surface area contributed by atoms with Gasteiger partial charge in [-0.25, -0.2) is 4.98 Å². The number of H-pyrrole nitrogens is 1. The molecule has 1 aromatic heterocycles. The maximum Gasteiger partial charge on any atom is 0.320 e. The number of hydrogen-bond acceptors (Lipinski definition) is 13. The van der Waals surface area contributed by atoms with Gasteiger partial charge < -0.3 is 41.2 Å². The summed E-state index contributed by atoms with van der Waals surface area (Å²) in [7, 11) is 0. The second kappa shape index (κ2) is 35.9. The molecule has 18 heteroatoms. The number of nitrogens with one attached hydrogen (secondary N) is 6. The third-order valence-electron chi connectivity index (χ3n) is 12.6. The van der Waals surface area contributed by atoms with Crippen LogP contribution in [0.5, 0.6) is 0 Å². The largest absolute Gasteiger partial charge is 0.480 e. The number of aliphatic carboxylic acids is 1. The molecule has 69 heavy (non-hydrogen) atoms. The summed E-state index contributed by atoms with van der Waals surface area (Å²) < 4.78 is 10.9. The Hall–Kier alpha value is -4.10. The number of imidazole rings is 1. The molecule has 1 rings (SSSR count). The third-order valence-corrected chi connectivity index (χ3v) is 12.6. The summed E-state index contributed by atoms with van der Waals surface area (Å²) in [6.45, 7) is 13.2. The summed E-state index contributed by atoms with van der Waals surface area (Å²) >= 11 is 0. The van der Waals surface area contributed by atoms with Gasteiger partial charge >= 0.3 is 5.97 Å². The molecule has 0 radical (unpaired) electrons. The molecule has 3 amide bonds. The van der Waals surface area contributed by atoms with Gasteiger partial charge in [-0.3, -0.25) is 44.2 Å². The van der Waals surface area contributed by atoms with E-state index in [-0.39, 0.29) is 87.8 Å². The number of aromatic amines is 1. The highest BCUT2D eigenvalue weighted by molar-refractivity contribution is 5.96. The maximum absolute atomic E-state index is 13.3. The molecule has 1 aromatic rings. The number of unbranched alkanes of at least 4 members (excludes halogenated alkanes) is 14. The molecule has 0 aliphatic carbocycles. The number of nitrogens with two attached hydrogens (primary N) is 1. The van der Waals surface area contributed by atoms with Gasteiger partial charge in [0, 0.05) is 49.7 Å². The quantitative estimate of drug-likeness (QED) is 0.0380. The summed E-state index contributed by atoms with van der Waals surface area (Å²) in [6.07, 6.45) is 23.2. The monoisotopic (exact) mass is 977 g/mol. The van der Waals surface area contributed by atoms with Crippen LogP contribution in [0.3, 0.4) is 0 Å². The van der Waals surface area contributed by atoms with E-state index >= 15 is 0 Å². The number of ketones is 3. The van der Waals surface area contributed by atoms with Crippen molar-refractivity contribution >= 4 is 41.0 Å². The van der Waals surface area contributed by atoms with Crippen LogP contribution in [0.25, 0.3) is 0 Å². The first-order valence-electron chi connectivity index (χ1n) is 25.8. The molecule has 0 aliphatic heterocycles. The topological polar surface area (TPSA) is 273 Å². The predicted octanol–water partition coefficient (Wildman–Crippen LogP) is 5.41. The Kier molecular flexibility index (Phi) is 32.7. The number of carboxylic acids is 1. The molecule has 0 bridgehead atoms. The summed E-state index contributed by atoms with van der Waals surface area (Å²) in [5, 5.41) is 23.9. The fraction of sp³-hybridized carbons (Fsp3) is 0.804. The van der Waals surface area contributed by atoms with E-state index < -0.39 is 40.5 Å². The number of carbonyl (C=O) groups excluding carboxylic acids is 6. The average Bonchev–Trinajstić information content (AvgIpc) is 3.81. The number of carboxylic acid groups (broad SMARTS) is 1. The van der Waals surface area contributed by atoms with Crippen LogP contribution in [0, 0.1) is 5.41 Å². The van der Waals surface area contributed by atoms with Crippen LogP contribution in [0.4, 0.5) is 0 Å². The minimum absolute atomic E-state index is 0.0307. The number of Topliss-reactive ketones (excluding diaryl/α,β-unsaturated/α-hetero) is 3. The zero-order valence-corrected chi connectivity index (χ0v) is 43.5. The van der Waals surface area contributed by atoms with Crippen molar-refractivity contribution in [2.75, 3.05) is 52.6 Å². The molecule has 396 valence electrons. The third kappa shape index (κ3) is 30.3. The Balaban J connectivity index is 2.17. The van der Waals surface area contributed by atoms with Gasteiger partial charge in [-0.2, -0.15) is 0 Å². The molecule has 1 heterocycles. The van der Waals surface area contributed by atoms with Crippen LogP contribution >= 0.6 is 0 Å². The molecule has 0 spiro atoms. The fourth-order valence-electron chi connectivity index (χ4n) is 7.43. The lowest BCUT2D eigenvalue weighted by Gasteiger charge is -2.31. The van der Waals surface area contributed by atoms with E-state index in [1.165, 1.54) is 83.4 Å². The van der Waals surface area contributed by atoms with E-state index in [9.17, 15) is 38.7 Å². The molecule has 0 unspecified atom stereocenters. The molecule has 2 atom stereocenters. The summed E-state index contributed by atoms with van der Waals surface area (Å²) in [5.74, 6) is -2.69. The molecule has 0 saturated carbocycles. The number of rotatable bonds is 45. The minimum atomic E-state index is -1.26.